The molecule has 0 N–H and O–H groups in total. The van der Waals surface area contributed by atoms with E-state index < -0.39 is 0 Å². The lowest BCUT2D eigenvalue weighted by atomic mass is 9.74. The van der Waals surface area contributed by atoms with Crippen LogP contribution in [0.4, 0.5) is 0 Å². The number of carbonyl (C=O) groups excluding carboxylic acids is 2. The molecule has 2 saturated carbocycles. The van der Waals surface area contributed by atoms with Crippen LogP contribution in [0.15, 0.2) is 18.5 Å². The van der Waals surface area contributed by atoms with Crippen LogP contribution in [0.3, 0.4) is 0 Å². The van der Waals surface area contributed by atoms with E-state index in [2.05, 4.69) is 23.9 Å². The fourth-order valence-corrected chi connectivity index (χ4v) is 3.97. The normalized spacial score (nSPS) is 23.7. The molecular weight excluding hydrogens is 368 g/mol. The minimum absolute atomic E-state index is 0.0238. The fourth-order valence-electron chi connectivity index (χ4n) is 3.97. The molecular formula is C22H30N4O3. The number of likely N-dealkylation sites (N-methyl/N-ethyl adjacent to an activating group) is 1. The molecule has 2 aliphatic carbocycles. The number of hydrogen-bond acceptors (Lipinski definition) is 4. The van der Waals surface area contributed by atoms with Gasteiger partial charge in [-0.25, -0.2) is 0 Å². The van der Waals surface area contributed by atoms with Gasteiger partial charge in [0.1, 0.15) is 0 Å². The van der Waals surface area contributed by atoms with Gasteiger partial charge in [0, 0.05) is 37.9 Å². The van der Waals surface area contributed by atoms with E-state index in [4.69, 9.17) is 4.74 Å². The van der Waals surface area contributed by atoms with E-state index in [-0.39, 0.29) is 35.3 Å². The lowest BCUT2D eigenvalue weighted by Gasteiger charge is -2.53. The third-order valence-electron chi connectivity index (χ3n) is 6.60. The zero-order valence-electron chi connectivity index (χ0n) is 17.4. The van der Waals surface area contributed by atoms with E-state index in [1.807, 2.05) is 17.2 Å². The number of hydrogen-bond donors (Lipinski definition) is 0. The summed E-state index contributed by atoms with van der Waals surface area (Å²) in [5.41, 5.74) is -0.177. The van der Waals surface area contributed by atoms with E-state index in [0.29, 0.717) is 26.2 Å². The lowest BCUT2D eigenvalue weighted by Crippen LogP contribution is -2.64. The minimum Gasteiger partial charge on any atom is -0.373 e. The van der Waals surface area contributed by atoms with Crippen LogP contribution in [-0.2, 0) is 20.9 Å². The van der Waals surface area contributed by atoms with E-state index >= 15 is 0 Å². The first kappa shape index (κ1) is 20.0. The van der Waals surface area contributed by atoms with Gasteiger partial charge in [0.05, 0.1) is 31.2 Å². The Balaban J connectivity index is 1.34. The average Bonchev–Trinajstić information content (AvgIpc) is 3.19. The Bertz CT molecular complexity index is 815. The molecule has 1 aromatic heterocycles. The van der Waals surface area contributed by atoms with Crippen molar-refractivity contribution in [3.63, 3.8) is 0 Å². The standard InChI is InChI=1S/C22H30N4O3/c1-21(9-10-21)8-5-19(27)26-16-18(29-17-22(26)6-3-7-22)15-20(28)24(2)13-14-25-12-4-11-23-25/h4,11-12,18H,3,6-7,9-10,13-17H2,1-2H3. The van der Waals surface area contributed by atoms with Gasteiger partial charge in [-0.3, -0.25) is 14.3 Å². The smallest absolute Gasteiger partial charge is 0.299 e. The molecule has 2 heterocycles. The topological polar surface area (TPSA) is 67.7 Å². The van der Waals surface area contributed by atoms with Gasteiger partial charge >= 0.3 is 0 Å². The zero-order chi connectivity index (χ0) is 20.5. The molecule has 3 fully saturated rings. The molecule has 156 valence electrons. The lowest BCUT2D eigenvalue weighted by molar-refractivity contribution is -0.169. The van der Waals surface area contributed by atoms with Gasteiger partial charge in [0.2, 0.25) is 5.91 Å². The fraction of sp³-hybridized carbons (Fsp3) is 0.682. The van der Waals surface area contributed by atoms with Crippen LogP contribution >= 0.6 is 0 Å². The van der Waals surface area contributed by atoms with Crippen molar-refractivity contribution in [2.75, 3.05) is 26.7 Å². The third-order valence-corrected chi connectivity index (χ3v) is 6.60. The molecule has 7 heteroatoms. The summed E-state index contributed by atoms with van der Waals surface area (Å²) in [6.45, 7) is 4.30. The quantitative estimate of drug-likeness (QED) is 0.708. The van der Waals surface area contributed by atoms with E-state index in [1.165, 1.54) is 0 Å². The Morgan fingerprint density at radius 1 is 1.31 bits per heavy atom. The predicted molar refractivity (Wildman–Crippen MR) is 108 cm³/mol. The summed E-state index contributed by atoms with van der Waals surface area (Å²) in [6.07, 6.45) is 8.79. The second-order valence-electron chi connectivity index (χ2n) is 9.03. The van der Waals surface area contributed by atoms with Crippen molar-refractivity contribution >= 4 is 11.8 Å². The monoisotopic (exact) mass is 398 g/mol. The Morgan fingerprint density at radius 2 is 2.10 bits per heavy atom. The largest absolute Gasteiger partial charge is 0.373 e. The van der Waals surface area contributed by atoms with Crippen molar-refractivity contribution in [1.82, 2.24) is 19.6 Å². The maximum absolute atomic E-state index is 12.9. The van der Waals surface area contributed by atoms with Gasteiger partial charge in [0.15, 0.2) is 0 Å². The number of morpholine rings is 1. The first-order valence-electron chi connectivity index (χ1n) is 10.6. The van der Waals surface area contributed by atoms with Gasteiger partial charge in [-0.1, -0.05) is 5.92 Å². The van der Waals surface area contributed by atoms with Crippen molar-refractivity contribution in [2.24, 2.45) is 5.41 Å². The molecule has 1 spiro atoms. The summed E-state index contributed by atoms with van der Waals surface area (Å²) < 4.78 is 7.84. The predicted octanol–water partition coefficient (Wildman–Crippen LogP) is 1.69. The Labute approximate surface area is 172 Å². The molecule has 2 amide bonds. The van der Waals surface area contributed by atoms with Crippen molar-refractivity contribution in [2.45, 2.75) is 63.6 Å². The van der Waals surface area contributed by atoms with Crippen LogP contribution in [0.5, 0.6) is 0 Å². The summed E-state index contributed by atoms with van der Waals surface area (Å²) in [5.74, 6) is 5.96. The first-order valence-corrected chi connectivity index (χ1v) is 10.6. The number of aromatic nitrogens is 2. The number of rotatable bonds is 5. The molecule has 0 bridgehead atoms. The molecule has 1 unspecified atom stereocenters. The molecule has 0 aromatic carbocycles. The number of nitrogens with zero attached hydrogens (tertiary/aromatic N) is 4. The van der Waals surface area contributed by atoms with Crippen LogP contribution in [0.25, 0.3) is 0 Å². The number of amides is 2. The maximum Gasteiger partial charge on any atom is 0.299 e. The summed E-state index contributed by atoms with van der Waals surface area (Å²) in [6, 6.07) is 1.87. The van der Waals surface area contributed by atoms with Crippen molar-refractivity contribution in [1.29, 1.82) is 0 Å². The average molecular weight is 399 g/mol. The van der Waals surface area contributed by atoms with Crippen LogP contribution < -0.4 is 0 Å². The maximum atomic E-state index is 12.9. The van der Waals surface area contributed by atoms with Gasteiger partial charge in [-0.05, 0) is 51.0 Å². The number of carbonyl (C=O) groups is 2. The van der Waals surface area contributed by atoms with Crippen LogP contribution in [0.1, 0.15) is 45.4 Å². The highest BCUT2D eigenvalue weighted by Gasteiger charge is 2.49. The first-order chi connectivity index (χ1) is 13.9. The molecule has 3 aliphatic rings. The van der Waals surface area contributed by atoms with Crippen LogP contribution in [0.2, 0.25) is 0 Å². The molecule has 29 heavy (non-hydrogen) atoms. The van der Waals surface area contributed by atoms with E-state index in [0.717, 1.165) is 32.1 Å². The van der Waals surface area contributed by atoms with E-state index in [1.54, 1.807) is 22.8 Å². The van der Waals surface area contributed by atoms with Crippen molar-refractivity contribution in [3.8, 4) is 11.8 Å². The van der Waals surface area contributed by atoms with Gasteiger partial charge in [0.25, 0.3) is 5.91 Å². The van der Waals surface area contributed by atoms with Gasteiger partial charge < -0.3 is 14.5 Å². The Kier molecular flexibility index (Phi) is 5.39. The van der Waals surface area contributed by atoms with Crippen LogP contribution in [-0.4, -0.2) is 69.8 Å². The molecule has 1 saturated heterocycles. The Morgan fingerprint density at radius 3 is 2.72 bits per heavy atom. The third kappa shape index (κ3) is 4.48. The second-order valence-corrected chi connectivity index (χ2v) is 9.03. The zero-order valence-corrected chi connectivity index (χ0v) is 17.4. The molecule has 1 aliphatic heterocycles. The van der Waals surface area contributed by atoms with E-state index in [9.17, 15) is 9.59 Å². The van der Waals surface area contributed by atoms with Crippen molar-refractivity contribution in [3.05, 3.63) is 18.5 Å². The molecule has 7 nitrogen and oxygen atoms in total. The summed E-state index contributed by atoms with van der Waals surface area (Å²) in [4.78, 5) is 29.1. The number of ether oxygens (including phenoxy) is 1. The van der Waals surface area contributed by atoms with Gasteiger partial charge in [-0.2, -0.15) is 5.10 Å². The molecule has 4 rings (SSSR count). The second kappa shape index (κ2) is 7.83. The van der Waals surface area contributed by atoms with Crippen LogP contribution in [0, 0.1) is 17.3 Å². The highest BCUT2D eigenvalue weighted by Crippen LogP contribution is 2.44. The molecule has 1 aromatic rings. The highest BCUT2D eigenvalue weighted by molar-refractivity contribution is 5.94. The SMILES string of the molecule is CN(CCn1cccn1)C(=O)CC1CN(C(=O)C#CC2(C)CC2)C2(CCC2)CO1. The summed E-state index contributed by atoms with van der Waals surface area (Å²) >= 11 is 0. The highest BCUT2D eigenvalue weighted by atomic mass is 16.5. The van der Waals surface area contributed by atoms with Gasteiger partial charge in [-0.15, -0.1) is 0 Å². The molecule has 1 atom stereocenters. The minimum atomic E-state index is -0.275. The molecule has 0 radical (unpaired) electrons. The Hall–Kier alpha value is -2.33. The summed E-state index contributed by atoms with van der Waals surface area (Å²) in [7, 11) is 1.80. The van der Waals surface area contributed by atoms with Crippen molar-refractivity contribution < 1.29 is 14.3 Å². The summed E-state index contributed by atoms with van der Waals surface area (Å²) in [5, 5.41) is 4.16.